The molecule has 0 aromatic heterocycles. The van der Waals surface area contributed by atoms with Gasteiger partial charge in [-0.1, -0.05) is 87.9 Å². The molecule has 5 N–H and O–H groups in total. The smallest absolute Gasteiger partial charge is 0.218 e. The summed E-state index contributed by atoms with van der Waals surface area (Å²) in [7, 11) is 0. The third-order valence-electron chi connectivity index (χ3n) is 4.21. The summed E-state index contributed by atoms with van der Waals surface area (Å²) in [5, 5.41) is 3.83. The van der Waals surface area contributed by atoms with E-state index in [1.54, 1.807) is 18.2 Å². The van der Waals surface area contributed by atoms with Crippen LogP contribution in [-0.4, -0.2) is 18.5 Å². The topological polar surface area (TPSA) is 88.8 Å². The number of anilines is 1. The van der Waals surface area contributed by atoms with Gasteiger partial charge < -0.3 is 16.8 Å². The number of aliphatic imine (C=N–C) groups is 2. The van der Waals surface area contributed by atoms with Crippen molar-refractivity contribution >= 4 is 53.2 Å². The lowest BCUT2D eigenvalue weighted by Crippen LogP contribution is -2.26. The van der Waals surface area contributed by atoms with Crippen LogP contribution in [-0.2, 0) is 0 Å². The van der Waals surface area contributed by atoms with Gasteiger partial charge in [-0.15, -0.1) is 12.4 Å². The van der Waals surface area contributed by atoms with E-state index in [0.29, 0.717) is 22.3 Å². The SMILES string of the molecule is CCCCCCCCCCCCN=C(N)N=C(N)Nc1ccc(Cl)c(Cl)c1.Cl. The molecule has 5 nitrogen and oxygen atoms in total. The Kier molecular flexibility index (Phi) is 16.1. The Balaban J connectivity index is 0.00000729. The van der Waals surface area contributed by atoms with E-state index in [2.05, 4.69) is 22.2 Å². The number of rotatable bonds is 12. The normalized spacial score (nSPS) is 12.0. The fraction of sp³-hybridized carbons (Fsp3) is 0.600. The lowest BCUT2D eigenvalue weighted by molar-refractivity contribution is 0.558. The van der Waals surface area contributed by atoms with Crippen LogP contribution in [0.25, 0.3) is 0 Å². The molecule has 8 heteroatoms. The third kappa shape index (κ3) is 13.1. The molecule has 160 valence electrons. The van der Waals surface area contributed by atoms with Gasteiger partial charge in [0.05, 0.1) is 10.0 Å². The highest BCUT2D eigenvalue weighted by Gasteiger charge is 2.01. The van der Waals surface area contributed by atoms with E-state index < -0.39 is 0 Å². The zero-order valence-electron chi connectivity index (χ0n) is 16.7. The molecule has 0 aliphatic carbocycles. The van der Waals surface area contributed by atoms with Gasteiger partial charge in [0.2, 0.25) is 11.9 Å². The second kappa shape index (κ2) is 16.8. The van der Waals surface area contributed by atoms with Crippen molar-refractivity contribution in [1.29, 1.82) is 0 Å². The molecule has 0 bridgehead atoms. The minimum atomic E-state index is 0. The molecule has 0 amide bonds. The van der Waals surface area contributed by atoms with Crippen LogP contribution in [0.5, 0.6) is 0 Å². The first-order valence-electron chi connectivity index (χ1n) is 9.89. The minimum Gasteiger partial charge on any atom is -0.369 e. The van der Waals surface area contributed by atoms with E-state index in [1.165, 1.54) is 57.8 Å². The van der Waals surface area contributed by atoms with Crippen molar-refractivity contribution < 1.29 is 0 Å². The van der Waals surface area contributed by atoms with Crippen LogP contribution < -0.4 is 16.8 Å². The van der Waals surface area contributed by atoms with Crippen LogP contribution in [0.4, 0.5) is 5.69 Å². The minimum absolute atomic E-state index is 0. The maximum Gasteiger partial charge on any atom is 0.218 e. The molecule has 1 aromatic carbocycles. The van der Waals surface area contributed by atoms with Crippen LogP contribution >= 0.6 is 35.6 Å². The highest BCUT2D eigenvalue weighted by atomic mass is 35.5. The first kappa shape index (κ1) is 26.8. The standard InChI is InChI=1S/C20H33Cl2N5.ClH/c1-2-3-4-5-6-7-8-9-10-11-14-25-19(23)27-20(24)26-16-12-13-17(21)18(22)15-16;/h12-13,15H,2-11,14H2,1H3,(H5,23,24,25,26,27);1H. The Morgan fingerprint density at radius 2 is 1.46 bits per heavy atom. The van der Waals surface area contributed by atoms with Gasteiger partial charge in [-0.05, 0) is 24.6 Å². The number of benzene rings is 1. The third-order valence-corrected chi connectivity index (χ3v) is 4.95. The number of nitrogens with two attached hydrogens (primary N) is 2. The van der Waals surface area contributed by atoms with Crippen molar-refractivity contribution in [3.63, 3.8) is 0 Å². The highest BCUT2D eigenvalue weighted by molar-refractivity contribution is 6.42. The molecule has 0 heterocycles. The Bertz CT molecular complexity index is 606. The van der Waals surface area contributed by atoms with Gasteiger partial charge in [-0.2, -0.15) is 4.99 Å². The molecule has 1 rings (SSSR count). The fourth-order valence-corrected chi connectivity index (χ4v) is 3.00. The lowest BCUT2D eigenvalue weighted by atomic mass is 10.1. The molecule has 0 saturated heterocycles. The van der Waals surface area contributed by atoms with Gasteiger partial charge >= 0.3 is 0 Å². The van der Waals surface area contributed by atoms with Gasteiger partial charge in [0, 0.05) is 12.2 Å². The van der Waals surface area contributed by atoms with Gasteiger partial charge in [0.25, 0.3) is 0 Å². The van der Waals surface area contributed by atoms with Gasteiger partial charge in [-0.25, -0.2) is 0 Å². The Hall–Kier alpha value is -1.17. The van der Waals surface area contributed by atoms with Crippen molar-refractivity contribution in [3.8, 4) is 0 Å². The summed E-state index contributed by atoms with van der Waals surface area (Å²) in [6.45, 7) is 2.92. The summed E-state index contributed by atoms with van der Waals surface area (Å²) in [6, 6.07) is 5.11. The number of hydrogen-bond acceptors (Lipinski definition) is 1. The van der Waals surface area contributed by atoms with Crippen molar-refractivity contribution in [1.82, 2.24) is 0 Å². The van der Waals surface area contributed by atoms with Crippen molar-refractivity contribution in [2.45, 2.75) is 71.1 Å². The van der Waals surface area contributed by atoms with Crippen LogP contribution in [0.15, 0.2) is 28.2 Å². The first-order valence-corrected chi connectivity index (χ1v) is 10.6. The monoisotopic (exact) mass is 449 g/mol. The Morgan fingerprint density at radius 3 is 2.04 bits per heavy atom. The second-order valence-electron chi connectivity index (χ2n) is 6.67. The van der Waals surface area contributed by atoms with E-state index >= 15 is 0 Å². The van der Waals surface area contributed by atoms with E-state index in [-0.39, 0.29) is 24.3 Å². The Labute approximate surface area is 185 Å². The van der Waals surface area contributed by atoms with Gasteiger partial charge in [-0.3, -0.25) is 4.99 Å². The number of guanidine groups is 2. The summed E-state index contributed by atoms with van der Waals surface area (Å²) in [6.07, 6.45) is 12.9. The molecule has 0 aliphatic rings. The largest absolute Gasteiger partial charge is 0.369 e. The molecular formula is C20H34Cl3N5. The predicted octanol–water partition coefficient (Wildman–Crippen LogP) is 6.38. The lowest BCUT2D eigenvalue weighted by Gasteiger charge is -2.06. The first-order chi connectivity index (χ1) is 13.0. The van der Waals surface area contributed by atoms with Gasteiger partial charge in [0.15, 0.2) is 0 Å². The number of unbranched alkanes of at least 4 members (excludes halogenated alkanes) is 9. The fourth-order valence-electron chi connectivity index (χ4n) is 2.70. The average Bonchev–Trinajstić information content (AvgIpc) is 2.62. The zero-order valence-corrected chi connectivity index (χ0v) is 19.1. The van der Waals surface area contributed by atoms with E-state index in [0.717, 1.165) is 6.42 Å². The number of nitrogens with one attached hydrogen (secondary N) is 1. The molecule has 0 aliphatic heterocycles. The quantitative estimate of drug-likeness (QED) is 0.196. The summed E-state index contributed by atoms with van der Waals surface area (Å²) >= 11 is 11.8. The van der Waals surface area contributed by atoms with Crippen molar-refractivity contribution in [2.75, 3.05) is 11.9 Å². The molecule has 0 unspecified atom stereocenters. The number of halogens is 3. The highest BCUT2D eigenvalue weighted by Crippen LogP contribution is 2.24. The van der Waals surface area contributed by atoms with E-state index in [9.17, 15) is 0 Å². The number of hydrogen-bond donors (Lipinski definition) is 3. The Morgan fingerprint density at radius 1 is 0.893 bits per heavy atom. The van der Waals surface area contributed by atoms with Crippen LogP contribution in [0.3, 0.4) is 0 Å². The molecule has 0 atom stereocenters. The van der Waals surface area contributed by atoms with E-state index in [1.807, 2.05) is 0 Å². The molecular weight excluding hydrogens is 417 g/mol. The van der Waals surface area contributed by atoms with E-state index in [4.69, 9.17) is 34.7 Å². The van der Waals surface area contributed by atoms with Crippen LogP contribution in [0.1, 0.15) is 71.1 Å². The zero-order chi connectivity index (χ0) is 19.9. The molecule has 28 heavy (non-hydrogen) atoms. The van der Waals surface area contributed by atoms with Crippen LogP contribution in [0.2, 0.25) is 10.0 Å². The molecule has 0 spiro atoms. The molecule has 1 aromatic rings. The summed E-state index contributed by atoms with van der Waals surface area (Å²) < 4.78 is 0. The summed E-state index contributed by atoms with van der Waals surface area (Å²) in [5.74, 6) is 0.341. The van der Waals surface area contributed by atoms with Crippen LogP contribution in [0, 0.1) is 0 Å². The molecule has 0 fully saturated rings. The van der Waals surface area contributed by atoms with Crippen molar-refractivity contribution in [2.24, 2.45) is 21.5 Å². The summed E-state index contributed by atoms with van der Waals surface area (Å²) in [4.78, 5) is 8.29. The maximum absolute atomic E-state index is 5.96. The summed E-state index contributed by atoms with van der Waals surface area (Å²) in [5.41, 5.74) is 12.3. The number of nitrogens with zero attached hydrogens (tertiary/aromatic N) is 2. The maximum atomic E-state index is 5.96. The molecule has 0 radical (unpaired) electrons. The molecule has 0 saturated carbocycles. The second-order valence-corrected chi connectivity index (χ2v) is 7.49. The average molecular weight is 451 g/mol. The predicted molar refractivity (Wildman–Crippen MR) is 127 cm³/mol. The van der Waals surface area contributed by atoms with Gasteiger partial charge in [0.1, 0.15) is 0 Å². The van der Waals surface area contributed by atoms with Crippen molar-refractivity contribution in [3.05, 3.63) is 28.2 Å².